The second-order valence-electron chi connectivity index (χ2n) is 4.38. The summed E-state index contributed by atoms with van der Waals surface area (Å²) in [6.07, 6.45) is 2.96. The summed E-state index contributed by atoms with van der Waals surface area (Å²) >= 11 is 0. The molecule has 0 atom stereocenters. The van der Waals surface area contributed by atoms with Gasteiger partial charge in [0.25, 0.3) is 5.56 Å². The number of hydrogen-bond donors (Lipinski definition) is 1. The average Bonchev–Trinajstić information content (AvgIpc) is 2.46. The highest BCUT2D eigenvalue weighted by molar-refractivity contribution is 5.67. The van der Waals surface area contributed by atoms with E-state index in [4.69, 9.17) is 5.73 Å². The lowest BCUT2D eigenvalue weighted by atomic mass is 10.1. The zero-order valence-corrected chi connectivity index (χ0v) is 9.99. The first-order valence-corrected chi connectivity index (χ1v) is 5.88. The van der Waals surface area contributed by atoms with E-state index in [0.29, 0.717) is 0 Å². The molecule has 4 nitrogen and oxygen atoms in total. The predicted molar refractivity (Wildman–Crippen MR) is 67.0 cm³/mol. The van der Waals surface area contributed by atoms with Gasteiger partial charge in [0, 0.05) is 26.2 Å². The zero-order chi connectivity index (χ0) is 11.7. The molecule has 0 saturated carbocycles. The molecule has 2 N–H and O–H groups in total. The van der Waals surface area contributed by atoms with Crippen molar-refractivity contribution in [2.75, 3.05) is 24.2 Å². The molecule has 1 aromatic heterocycles. The third kappa shape index (κ3) is 1.68. The quantitative estimate of drug-likeness (QED) is 0.776. The molecule has 1 aliphatic rings. The number of anilines is 2. The van der Waals surface area contributed by atoms with Crippen molar-refractivity contribution in [3.63, 3.8) is 0 Å². The molecule has 0 aromatic carbocycles. The van der Waals surface area contributed by atoms with E-state index in [1.165, 1.54) is 0 Å². The van der Waals surface area contributed by atoms with Crippen molar-refractivity contribution < 1.29 is 0 Å². The standard InChI is InChI=1S/C12H19N3O/c1-3-9-8-10(16)15-7-5-4-6-14(2)12(15)11(9)13/h8H,3-7,13H2,1-2H3. The van der Waals surface area contributed by atoms with Crippen molar-refractivity contribution in [1.82, 2.24) is 4.57 Å². The molecule has 0 saturated heterocycles. The fraction of sp³-hybridized carbons (Fsp3) is 0.583. The third-order valence-electron chi connectivity index (χ3n) is 3.27. The van der Waals surface area contributed by atoms with Crippen molar-refractivity contribution in [3.05, 3.63) is 22.0 Å². The molecule has 88 valence electrons. The lowest BCUT2D eigenvalue weighted by Crippen LogP contribution is -2.28. The molecular weight excluding hydrogens is 202 g/mol. The van der Waals surface area contributed by atoms with Crippen LogP contribution in [0.15, 0.2) is 10.9 Å². The second-order valence-corrected chi connectivity index (χ2v) is 4.38. The summed E-state index contributed by atoms with van der Waals surface area (Å²) in [4.78, 5) is 14.1. The van der Waals surface area contributed by atoms with E-state index >= 15 is 0 Å². The van der Waals surface area contributed by atoms with Gasteiger partial charge in [-0.1, -0.05) is 6.92 Å². The van der Waals surface area contributed by atoms with Gasteiger partial charge in [0.2, 0.25) is 0 Å². The Morgan fingerprint density at radius 2 is 2.06 bits per heavy atom. The Labute approximate surface area is 95.7 Å². The van der Waals surface area contributed by atoms with Crippen molar-refractivity contribution in [1.29, 1.82) is 0 Å². The molecule has 0 radical (unpaired) electrons. The predicted octanol–water partition coefficient (Wildman–Crippen LogP) is 1.22. The van der Waals surface area contributed by atoms with Crippen LogP contribution < -0.4 is 16.2 Å². The summed E-state index contributed by atoms with van der Waals surface area (Å²) in [5.41, 5.74) is 7.95. The number of nitrogens with zero attached hydrogens (tertiary/aromatic N) is 2. The van der Waals surface area contributed by atoms with E-state index in [2.05, 4.69) is 4.90 Å². The number of fused-ring (bicyclic) bond motifs is 1. The number of rotatable bonds is 1. The maximum absolute atomic E-state index is 12.0. The number of nitrogen functional groups attached to an aromatic ring is 1. The SMILES string of the molecule is CCc1cc(=O)n2c(c1N)N(C)CCCC2. The van der Waals surface area contributed by atoms with Gasteiger partial charge in [0.05, 0.1) is 5.69 Å². The highest BCUT2D eigenvalue weighted by Crippen LogP contribution is 2.27. The normalized spacial score (nSPS) is 15.8. The molecule has 1 aromatic rings. The first-order chi connectivity index (χ1) is 7.65. The number of aryl methyl sites for hydroxylation is 1. The molecule has 0 fully saturated rings. The maximum atomic E-state index is 12.0. The Hall–Kier alpha value is -1.45. The van der Waals surface area contributed by atoms with Gasteiger partial charge in [0.1, 0.15) is 5.82 Å². The average molecular weight is 221 g/mol. The van der Waals surface area contributed by atoms with Gasteiger partial charge in [-0.2, -0.15) is 0 Å². The van der Waals surface area contributed by atoms with Gasteiger partial charge in [-0.25, -0.2) is 0 Å². The van der Waals surface area contributed by atoms with Gasteiger partial charge in [-0.05, 0) is 24.8 Å². The van der Waals surface area contributed by atoms with Gasteiger partial charge < -0.3 is 10.6 Å². The van der Waals surface area contributed by atoms with Crippen molar-refractivity contribution in [2.24, 2.45) is 0 Å². The molecule has 2 rings (SSSR count). The first-order valence-electron chi connectivity index (χ1n) is 5.88. The van der Waals surface area contributed by atoms with Crippen LogP contribution in [-0.4, -0.2) is 18.2 Å². The summed E-state index contributed by atoms with van der Waals surface area (Å²) < 4.78 is 1.81. The van der Waals surface area contributed by atoms with E-state index in [-0.39, 0.29) is 5.56 Å². The van der Waals surface area contributed by atoms with Crippen LogP contribution in [0.3, 0.4) is 0 Å². The van der Waals surface area contributed by atoms with E-state index < -0.39 is 0 Å². The molecule has 1 aliphatic heterocycles. The number of pyridine rings is 1. The Bertz CT molecular complexity index is 450. The third-order valence-corrected chi connectivity index (χ3v) is 3.27. The monoisotopic (exact) mass is 221 g/mol. The smallest absolute Gasteiger partial charge is 0.252 e. The van der Waals surface area contributed by atoms with Crippen LogP contribution >= 0.6 is 0 Å². The fourth-order valence-corrected chi connectivity index (χ4v) is 2.34. The van der Waals surface area contributed by atoms with Crippen LogP contribution in [0.1, 0.15) is 25.3 Å². The highest BCUT2D eigenvalue weighted by Gasteiger charge is 2.18. The largest absolute Gasteiger partial charge is 0.396 e. The number of nitrogens with two attached hydrogens (primary N) is 1. The molecule has 2 heterocycles. The summed E-state index contributed by atoms with van der Waals surface area (Å²) in [5, 5.41) is 0. The Morgan fingerprint density at radius 3 is 2.75 bits per heavy atom. The van der Waals surface area contributed by atoms with Gasteiger partial charge in [0.15, 0.2) is 0 Å². The molecule has 0 aliphatic carbocycles. The molecule has 0 unspecified atom stereocenters. The van der Waals surface area contributed by atoms with E-state index in [0.717, 1.165) is 49.4 Å². The maximum Gasteiger partial charge on any atom is 0.252 e. The number of hydrogen-bond acceptors (Lipinski definition) is 3. The van der Waals surface area contributed by atoms with Crippen LogP contribution in [0.4, 0.5) is 11.5 Å². The fourth-order valence-electron chi connectivity index (χ4n) is 2.34. The second kappa shape index (κ2) is 4.20. The number of aromatic nitrogens is 1. The lowest BCUT2D eigenvalue weighted by molar-refractivity contribution is 0.636. The highest BCUT2D eigenvalue weighted by atomic mass is 16.1. The summed E-state index contributed by atoms with van der Waals surface area (Å²) in [5.74, 6) is 0.904. The Kier molecular flexibility index (Phi) is 2.90. The van der Waals surface area contributed by atoms with Gasteiger partial charge in [-0.15, -0.1) is 0 Å². The van der Waals surface area contributed by atoms with Crippen LogP contribution in [0.25, 0.3) is 0 Å². The minimum absolute atomic E-state index is 0.0785. The Balaban J connectivity index is 2.67. The van der Waals surface area contributed by atoms with Crippen molar-refractivity contribution >= 4 is 11.5 Å². The summed E-state index contributed by atoms with van der Waals surface area (Å²) in [6, 6.07) is 1.68. The van der Waals surface area contributed by atoms with E-state index in [9.17, 15) is 4.79 Å². The molecule has 0 spiro atoms. The van der Waals surface area contributed by atoms with Crippen LogP contribution in [0.2, 0.25) is 0 Å². The minimum atomic E-state index is 0.0785. The van der Waals surface area contributed by atoms with Crippen LogP contribution in [-0.2, 0) is 13.0 Å². The Morgan fingerprint density at radius 1 is 1.38 bits per heavy atom. The molecular formula is C12H19N3O. The van der Waals surface area contributed by atoms with Crippen molar-refractivity contribution in [3.8, 4) is 0 Å². The van der Waals surface area contributed by atoms with E-state index in [1.807, 2.05) is 18.5 Å². The van der Waals surface area contributed by atoms with Crippen LogP contribution in [0, 0.1) is 0 Å². The summed E-state index contributed by atoms with van der Waals surface area (Å²) in [6.45, 7) is 3.78. The molecule has 4 heteroatoms. The summed E-state index contributed by atoms with van der Waals surface area (Å²) in [7, 11) is 2.01. The molecule has 16 heavy (non-hydrogen) atoms. The van der Waals surface area contributed by atoms with Crippen molar-refractivity contribution in [2.45, 2.75) is 32.7 Å². The van der Waals surface area contributed by atoms with Gasteiger partial charge >= 0.3 is 0 Å². The first kappa shape index (κ1) is 11.0. The minimum Gasteiger partial charge on any atom is -0.396 e. The van der Waals surface area contributed by atoms with Gasteiger partial charge in [-0.3, -0.25) is 9.36 Å². The molecule has 0 amide bonds. The molecule has 0 bridgehead atoms. The van der Waals surface area contributed by atoms with E-state index in [1.54, 1.807) is 6.07 Å². The topological polar surface area (TPSA) is 51.3 Å². The van der Waals surface area contributed by atoms with Crippen LogP contribution in [0.5, 0.6) is 0 Å². The zero-order valence-electron chi connectivity index (χ0n) is 9.99. The lowest BCUT2D eigenvalue weighted by Gasteiger charge is -2.23.